The van der Waals surface area contributed by atoms with Gasteiger partial charge in [-0.15, -0.1) is 0 Å². The average molecular weight is 182 g/mol. The molecule has 0 radical (unpaired) electrons. The molecule has 0 aromatic carbocycles. The van der Waals surface area contributed by atoms with Crippen LogP contribution in [0.1, 0.15) is 32.1 Å². The molecule has 0 bridgehead atoms. The molecule has 0 saturated carbocycles. The minimum Gasteiger partial charge on any atom is -0.396 e. The maximum Gasteiger partial charge on any atom is 0.0471 e. The average Bonchev–Trinajstić information content (AvgIpc) is 2.33. The molecule has 0 heterocycles. The van der Waals surface area contributed by atoms with Crippen LogP contribution in [0.15, 0.2) is 23.3 Å². The summed E-state index contributed by atoms with van der Waals surface area (Å²) < 4.78 is 0. The van der Waals surface area contributed by atoms with Gasteiger partial charge < -0.3 is 10.2 Å². The second-order valence-corrected chi connectivity index (χ2v) is 3.34. The summed E-state index contributed by atoms with van der Waals surface area (Å²) in [5, 5.41) is 17.7. The van der Waals surface area contributed by atoms with Gasteiger partial charge in [-0.05, 0) is 43.3 Å². The summed E-state index contributed by atoms with van der Waals surface area (Å²) in [6.45, 7) is 0.406. The molecule has 2 nitrogen and oxygen atoms in total. The van der Waals surface area contributed by atoms with E-state index >= 15 is 0 Å². The molecule has 1 aliphatic rings. The number of rotatable bonds is 4. The van der Waals surface area contributed by atoms with Crippen molar-refractivity contribution in [1.29, 1.82) is 0 Å². The van der Waals surface area contributed by atoms with Crippen LogP contribution in [0.5, 0.6) is 0 Å². The quantitative estimate of drug-likeness (QED) is 0.696. The fourth-order valence-corrected chi connectivity index (χ4v) is 1.70. The van der Waals surface area contributed by atoms with E-state index in [1.807, 2.05) is 0 Å². The molecule has 0 aromatic heterocycles. The van der Waals surface area contributed by atoms with Crippen LogP contribution < -0.4 is 0 Å². The zero-order chi connectivity index (χ0) is 9.52. The van der Waals surface area contributed by atoms with E-state index in [0.29, 0.717) is 0 Å². The lowest BCUT2D eigenvalue weighted by atomic mass is 10.0. The van der Waals surface area contributed by atoms with Crippen molar-refractivity contribution in [3.63, 3.8) is 0 Å². The van der Waals surface area contributed by atoms with E-state index in [1.54, 1.807) is 0 Å². The maximum atomic E-state index is 8.87. The van der Waals surface area contributed by atoms with Gasteiger partial charge in [0.25, 0.3) is 0 Å². The normalized spacial score (nSPS) is 17.7. The van der Waals surface area contributed by atoms with Gasteiger partial charge in [0.2, 0.25) is 0 Å². The second kappa shape index (κ2) is 5.95. The summed E-state index contributed by atoms with van der Waals surface area (Å²) in [4.78, 5) is 0. The minimum absolute atomic E-state index is 0.203. The molecule has 2 N–H and O–H groups in total. The van der Waals surface area contributed by atoms with E-state index in [-0.39, 0.29) is 13.2 Å². The van der Waals surface area contributed by atoms with Gasteiger partial charge in [0.15, 0.2) is 0 Å². The topological polar surface area (TPSA) is 40.5 Å². The third-order valence-corrected chi connectivity index (χ3v) is 2.36. The lowest BCUT2D eigenvalue weighted by molar-refractivity contribution is 0.292. The van der Waals surface area contributed by atoms with E-state index in [4.69, 9.17) is 10.2 Å². The molecule has 0 spiro atoms. The van der Waals surface area contributed by atoms with E-state index < -0.39 is 0 Å². The number of aliphatic hydroxyl groups excluding tert-OH is 2. The Morgan fingerprint density at radius 2 is 1.38 bits per heavy atom. The van der Waals surface area contributed by atoms with Crippen LogP contribution in [0, 0.1) is 0 Å². The largest absolute Gasteiger partial charge is 0.396 e. The van der Waals surface area contributed by atoms with Gasteiger partial charge in [0, 0.05) is 13.2 Å². The predicted molar refractivity (Wildman–Crippen MR) is 53.4 cm³/mol. The Morgan fingerprint density at radius 1 is 0.923 bits per heavy atom. The Hall–Kier alpha value is -0.600. The third kappa shape index (κ3) is 3.33. The van der Waals surface area contributed by atoms with Crippen molar-refractivity contribution in [1.82, 2.24) is 0 Å². The van der Waals surface area contributed by atoms with Gasteiger partial charge in [-0.3, -0.25) is 0 Å². The Balaban J connectivity index is 2.65. The molecule has 74 valence electrons. The van der Waals surface area contributed by atoms with Gasteiger partial charge in [-0.2, -0.15) is 0 Å². The number of hydrogen-bond acceptors (Lipinski definition) is 2. The van der Waals surface area contributed by atoms with Crippen molar-refractivity contribution in [2.45, 2.75) is 32.1 Å². The fourth-order valence-electron chi connectivity index (χ4n) is 1.70. The Morgan fingerprint density at radius 3 is 1.77 bits per heavy atom. The molecule has 1 rings (SSSR count). The van der Waals surface area contributed by atoms with Gasteiger partial charge in [-0.1, -0.05) is 12.2 Å². The first-order valence-electron chi connectivity index (χ1n) is 4.98. The number of hydrogen-bond donors (Lipinski definition) is 2. The highest BCUT2D eigenvalue weighted by atomic mass is 16.3. The van der Waals surface area contributed by atoms with Crippen LogP contribution >= 0.6 is 0 Å². The summed E-state index contributed by atoms with van der Waals surface area (Å²) >= 11 is 0. The molecule has 0 amide bonds. The monoisotopic (exact) mass is 182 g/mol. The van der Waals surface area contributed by atoms with Crippen LogP contribution in [0.4, 0.5) is 0 Å². The van der Waals surface area contributed by atoms with Gasteiger partial charge in [-0.25, -0.2) is 0 Å². The molecule has 1 aliphatic carbocycles. The smallest absolute Gasteiger partial charge is 0.0471 e. The van der Waals surface area contributed by atoms with E-state index in [0.717, 1.165) is 25.7 Å². The van der Waals surface area contributed by atoms with Crippen LogP contribution in [0.2, 0.25) is 0 Å². The SMILES string of the molecule is OCCC1=CCCCC=C1CCO. The summed E-state index contributed by atoms with van der Waals surface area (Å²) in [5.74, 6) is 0. The van der Waals surface area contributed by atoms with Crippen molar-refractivity contribution >= 4 is 0 Å². The van der Waals surface area contributed by atoms with Gasteiger partial charge in [0.1, 0.15) is 0 Å². The molecular weight excluding hydrogens is 164 g/mol. The molecule has 13 heavy (non-hydrogen) atoms. The van der Waals surface area contributed by atoms with Crippen molar-refractivity contribution in [3.8, 4) is 0 Å². The van der Waals surface area contributed by atoms with Crippen molar-refractivity contribution in [2.24, 2.45) is 0 Å². The van der Waals surface area contributed by atoms with E-state index in [1.165, 1.54) is 17.6 Å². The third-order valence-electron chi connectivity index (χ3n) is 2.36. The maximum absolute atomic E-state index is 8.87. The molecule has 2 heteroatoms. The highest BCUT2D eigenvalue weighted by molar-refractivity contribution is 5.32. The van der Waals surface area contributed by atoms with Crippen LogP contribution in [-0.2, 0) is 0 Å². The second-order valence-electron chi connectivity index (χ2n) is 3.34. The first-order chi connectivity index (χ1) is 6.38. The molecule has 0 aromatic rings. The summed E-state index contributed by atoms with van der Waals surface area (Å²) in [6.07, 6.45) is 9.23. The molecule has 0 unspecified atom stereocenters. The van der Waals surface area contributed by atoms with Crippen molar-refractivity contribution in [2.75, 3.05) is 13.2 Å². The first kappa shape index (κ1) is 10.5. The van der Waals surface area contributed by atoms with E-state index in [9.17, 15) is 0 Å². The van der Waals surface area contributed by atoms with Crippen LogP contribution in [-0.4, -0.2) is 23.4 Å². The zero-order valence-corrected chi connectivity index (χ0v) is 8.00. The van der Waals surface area contributed by atoms with Crippen LogP contribution in [0.25, 0.3) is 0 Å². The van der Waals surface area contributed by atoms with Gasteiger partial charge in [0.05, 0.1) is 0 Å². The molecule has 0 fully saturated rings. The Bertz CT molecular complexity index is 182. The minimum atomic E-state index is 0.203. The molecule has 0 aliphatic heterocycles. The number of aliphatic hydroxyl groups is 2. The summed E-state index contributed by atoms with van der Waals surface area (Å²) in [5.41, 5.74) is 2.46. The lowest BCUT2D eigenvalue weighted by Gasteiger charge is -2.08. The zero-order valence-electron chi connectivity index (χ0n) is 8.00. The molecule has 0 saturated heterocycles. The summed E-state index contributed by atoms with van der Waals surface area (Å²) in [6, 6.07) is 0. The van der Waals surface area contributed by atoms with E-state index in [2.05, 4.69) is 12.2 Å². The number of allylic oxidation sites excluding steroid dienone is 2. The Labute approximate surface area is 79.6 Å². The van der Waals surface area contributed by atoms with Crippen molar-refractivity contribution < 1.29 is 10.2 Å². The van der Waals surface area contributed by atoms with Crippen molar-refractivity contribution in [3.05, 3.63) is 23.3 Å². The Kier molecular flexibility index (Phi) is 4.79. The fraction of sp³-hybridized carbons (Fsp3) is 0.636. The standard InChI is InChI=1S/C11H18O2/c12-8-6-10-4-2-1-3-5-11(10)7-9-13/h4-5,12-13H,1-3,6-9H2. The van der Waals surface area contributed by atoms with Crippen LogP contribution in [0.3, 0.4) is 0 Å². The summed E-state index contributed by atoms with van der Waals surface area (Å²) in [7, 11) is 0. The highest BCUT2D eigenvalue weighted by Crippen LogP contribution is 2.23. The lowest BCUT2D eigenvalue weighted by Crippen LogP contribution is -1.96. The predicted octanol–water partition coefficient (Wildman–Crippen LogP) is 1.79. The highest BCUT2D eigenvalue weighted by Gasteiger charge is 2.06. The first-order valence-corrected chi connectivity index (χ1v) is 4.98. The molecule has 0 atom stereocenters. The van der Waals surface area contributed by atoms with Gasteiger partial charge >= 0.3 is 0 Å². The molecular formula is C11H18O2.